The van der Waals surface area contributed by atoms with E-state index in [1.54, 1.807) is 0 Å². The third-order valence-corrected chi connectivity index (χ3v) is 10.5. The van der Waals surface area contributed by atoms with Crippen molar-refractivity contribution in [2.75, 3.05) is 0 Å². The zero-order chi connectivity index (χ0) is 6.46. The van der Waals surface area contributed by atoms with Gasteiger partial charge in [0.1, 0.15) is 0 Å². The van der Waals surface area contributed by atoms with E-state index in [2.05, 4.69) is 0 Å². The number of hydrogen-bond acceptors (Lipinski definition) is 0. The molecular weight excluding hydrogens is 144 g/mol. The Hall–Kier alpha value is 0. The molecule has 0 heterocycles. The number of rotatable bonds is 0. The van der Waals surface area contributed by atoms with Crippen molar-refractivity contribution in [3.63, 3.8) is 0 Å². The summed E-state index contributed by atoms with van der Waals surface area (Å²) in [5, 5.41) is 0. The summed E-state index contributed by atoms with van der Waals surface area (Å²) in [4.78, 5) is 0. The quantitative estimate of drug-likeness (QED) is 0.477. The van der Waals surface area contributed by atoms with E-state index >= 15 is 0 Å². The summed E-state index contributed by atoms with van der Waals surface area (Å²) in [7, 11) is 0. The van der Waals surface area contributed by atoms with E-state index in [1.165, 1.54) is 68.0 Å². The van der Waals surface area contributed by atoms with Gasteiger partial charge in [-0.1, -0.05) is 0 Å². The highest BCUT2D eigenvalue weighted by molar-refractivity contribution is 6.06. The molecule has 6 spiro atoms. The lowest BCUT2D eigenvalue weighted by atomic mass is 9.39. The first-order valence-corrected chi connectivity index (χ1v) is 5.98. The van der Waals surface area contributed by atoms with Gasteiger partial charge in [0.25, 0.3) is 0 Å². The van der Waals surface area contributed by atoms with Gasteiger partial charge >= 0.3 is 0 Å². The second-order valence-electron chi connectivity index (χ2n) is 8.00. The van der Waals surface area contributed by atoms with Crippen molar-refractivity contribution in [1.82, 2.24) is 0 Å². The lowest BCUT2D eigenvalue weighted by Crippen LogP contribution is -2.62. The fourth-order valence-corrected chi connectivity index (χ4v) is 12.8. The molecule has 13 aliphatic carbocycles. The van der Waals surface area contributed by atoms with Crippen LogP contribution >= 0.6 is 0 Å². The molecule has 0 N–H and O–H groups in total. The summed E-state index contributed by atoms with van der Waals surface area (Å²) in [6.45, 7) is 0. The molecule has 0 atom stereocenters. The van der Waals surface area contributed by atoms with Crippen LogP contribution in [-0.2, 0) is 0 Å². The van der Waals surface area contributed by atoms with E-state index in [9.17, 15) is 0 Å². The second kappa shape index (κ2) is 0.377. The Labute approximate surface area is 68.7 Å². The van der Waals surface area contributed by atoms with Gasteiger partial charge in [-0.05, 0) is 68.0 Å². The Morgan fingerprint density at radius 3 is 0.667 bits per heavy atom. The minimum atomic E-state index is 1.19. The van der Waals surface area contributed by atoms with Gasteiger partial charge < -0.3 is 0 Å². The Bertz CT molecular complexity index is 413. The van der Waals surface area contributed by atoms with Crippen LogP contribution < -0.4 is 0 Å². The maximum Gasteiger partial charge on any atom is -0.00502 e. The van der Waals surface area contributed by atoms with Crippen LogP contribution in [-0.4, -0.2) is 0 Å². The van der Waals surface area contributed by atoms with Crippen LogP contribution in [0.2, 0.25) is 0 Å². The molecule has 13 saturated carbocycles. The molecule has 0 amide bonds. The van der Waals surface area contributed by atoms with Gasteiger partial charge in [-0.15, -0.1) is 0 Å². The number of hydrogen-bond donors (Lipinski definition) is 0. The van der Waals surface area contributed by atoms with Crippen LogP contribution in [0.1, 0.15) is 0 Å². The SMILES string of the molecule is C12C3C1C14C25C31C12C3C6C3C41C652. The molecule has 0 saturated heterocycles. The molecule has 0 aromatic carbocycles. The van der Waals surface area contributed by atoms with Crippen LogP contribution in [0, 0.1) is 68.0 Å². The Morgan fingerprint density at radius 1 is 0.333 bits per heavy atom. The van der Waals surface area contributed by atoms with Crippen molar-refractivity contribution in [2.45, 2.75) is 0 Å². The van der Waals surface area contributed by atoms with Crippen molar-refractivity contribution in [1.29, 1.82) is 0 Å². The van der Waals surface area contributed by atoms with Crippen LogP contribution in [0.5, 0.6) is 0 Å². The summed E-state index contributed by atoms with van der Waals surface area (Å²) in [5.41, 5.74) is 7.15. The maximum absolute atomic E-state index is 1.39. The molecule has 0 aliphatic heterocycles. The fourth-order valence-electron chi connectivity index (χ4n) is 12.8. The maximum atomic E-state index is 1.39. The summed E-state index contributed by atoms with van der Waals surface area (Å²) in [6.07, 6.45) is 0. The van der Waals surface area contributed by atoms with Crippen molar-refractivity contribution in [3.8, 4) is 0 Å². The average Bonchev–Trinajstić information content (AvgIpc) is 2.60. The summed E-state index contributed by atoms with van der Waals surface area (Å²) < 4.78 is 0. The Morgan fingerprint density at radius 2 is 0.500 bits per heavy atom. The van der Waals surface area contributed by atoms with E-state index in [-0.39, 0.29) is 0 Å². The molecule has 13 rings (SSSR count). The third-order valence-electron chi connectivity index (χ3n) is 10.5. The largest absolute Gasteiger partial charge is 0.0265 e. The lowest BCUT2D eigenvalue weighted by molar-refractivity contribution is -0.183. The molecule has 13 fully saturated rings. The smallest absolute Gasteiger partial charge is 0.00502 e. The van der Waals surface area contributed by atoms with Gasteiger partial charge in [0.05, 0.1) is 0 Å². The molecule has 0 aromatic heterocycles. The second-order valence-corrected chi connectivity index (χ2v) is 8.00. The zero-order valence-electron chi connectivity index (χ0n) is 6.46. The summed E-state index contributed by atoms with van der Waals surface area (Å²) in [6, 6.07) is 0. The van der Waals surface area contributed by atoms with Crippen LogP contribution in [0.25, 0.3) is 0 Å². The monoisotopic (exact) mass is 150 g/mol. The minimum Gasteiger partial charge on any atom is -0.0265 e. The minimum absolute atomic E-state index is 1.19. The standard InChI is InChI=1S/C12H6/c1-2-3(1)9-7(1)8(2,9)11-5-4-6(5)12(9,11)10(4,7)11/h1-6H. The van der Waals surface area contributed by atoms with Crippen molar-refractivity contribution in [3.05, 3.63) is 0 Å². The zero-order valence-corrected chi connectivity index (χ0v) is 6.46. The summed E-state index contributed by atoms with van der Waals surface area (Å²) >= 11 is 0. The predicted molar refractivity (Wildman–Crippen MR) is 35.5 cm³/mol. The first-order chi connectivity index (χ1) is 5.98. The van der Waals surface area contributed by atoms with Crippen molar-refractivity contribution >= 4 is 0 Å². The molecule has 0 bridgehead atoms. The molecular formula is C12H6. The van der Waals surface area contributed by atoms with Gasteiger partial charge in [-0.3, -0.25) is 0 Å². The molecule has 13 aliphatic rings. The molecule has 0 heteroatoms. The average molecular weight is 150 g/mol. The Kier molecular flexibility index (Phi) is 0.104. The molecule has 0 radical (unpaired) electrons. The topological polar surface area (TPSA) is 0 Å². The summed E-state index contributed by atoms with van der Waals surface area (Å²) in [5.74, 6) is 8.35. The van der Waals surface area contributed by atoms with E-state index in [0.717, 1.165) is 0 Å². The van der Waals surface area contributed by atoms with Crippen molar-refractivity contribution in [2.24, 2.45) is 68.0 Å². The first kappa shape index (κ1) is 3.29. The lowest BCUT2D eigenvalue weighted by Gasteiger charge is -2.63. The van der Waals surface area contributed by atoms with Crippen LogP contribution in [0.15, 0.2) is 0 Å². The highest BCUT2D eigenvalue weighted by Gasteiger charge is 3.61. The van der Waals surface area contributed by atoms with Gasteiger partial charge in [-0.2, -0.15) is 0 Å². The molecule has 12 heavy (non-hydrogen) atoms. The molecule has 54 valence electrons. The van der Waals surface area contributed by atoms with Gasteiger partial charge in [0.15, 0.2) is 0 Å². The molecule has 0 aromatic rings. The van der Waals surface area contributed by atoms with Gasteiger partial charge in [0.2, 0.25) is 0 Å². The van der Waals surface area contributed by atoms with E-state index < -0.39 is 0 Å². The molecule has 0 unspecified atom stereocenters. The highest BCUT2D eigenvalue weighted by Crippen LogP contribution is 3.62. The Balaban J connectivity index is 1.80. The third kappa shape index (κ3) is 0.0458. The van der Waals surface area contributed by atoms with Gasteiger partial charge in [0, 0.05) is 0 Å². The predicted octanol–water partition coefficient (Wildman–Crippen LogP) is 0.738. The highest BCUT2D eigenvalue weighted by atomic mass is 15.6. The van der Waals surface area contributed by atoms with E-state index in [4.69, 9.17) is 0 Å². The van der Waals surface area contributed by atoms with Crippen LogP contribution in [0.3, 0.4) is 0 Å². The van der Waals surface area contributed by atoms with Gasteiger partial charge in [-0.25, -0.2) is 0 Å². The normalized spacial score (nSPS) is 150. The first-order valence-electron chi connectivity index (χ1n) is 5.98. The fraction of sp³-hybridized carbons (Fsp3) is 1.00. The van der Waals surface area contributed by atoms with Crippen LogP contribution in [0.4, 0.5) is 0 Å². The van der Waals surface area contributed by atoms with E-state index in [1.807, 2.05) is 0 Å². The van der Waals surface area contributed by atoms with Crippen molar-refractivity contribution < 1.29 is 0 Å². The van der Waals surface area contributed by atoms with E-state index in [0.29, 0.717) is 0 Å². The molecule has 0 nitrogen and oxygen atoms in total.